The maximum atomic E-state index is 10.5. The van der Waals surface area contributed by atoms with Crippen LogP contribution in [0.25, 0.3) is 0 Å². The molecule has 0 radical (unpaired) electrons. The Bertz CT molecular complexity index is 343. The van der Waals surface area contributed by atoms with E-state index in [-0.39, 0.29) is 40.9 Å². The minimum absolute atomic E-state index is 0. The second-order valence-electron chi connectivity index (χ2n) is 4.08. The highest BCUT2D eigenvalue weighted by molar-refractivity contribution is 6.34. The van der Waals surface area contributed by atoms with Gasteiger partial charge in [0.15, 0.2) is 0 Å². The van der Waals surface area contributed by atoms with Crippen LogP contribution in [0.3, 0.4) is 0 Å². The molecule has 10 nitrogen and oxygen atoms in total. The Kier molecular flexibility index (Phi) is 46.6. The van der Waals surface area contributed by atoms with Gasteiger partial charge >= 0.3 is 17.9 Å². The van der Waals surface area contributed by atoms with Crippen LogP contribution >= 0.6 is 0 Å². The van der Waals surface area contributed by atoms with Crippen molar-refractivity contribution in [2.24, 2.45) is 0 Å². The Balaban J connectivity index is -0.0000000617. The first-order valence-corrected chi connectivity index (χ1v) is 8.00. The van der Waals surface area contributed by atoms with Crippen molar-refractivity contribution in [3.63, 3.8) is 0 Å². The van der Waals surface area contributed by atoms with E-state index in [1.54, 1.807) is 13.8 Å². The summed E-state index contributed by atoms with van der Waals surface area (Å²) in [5, 5.41) is 9.61. The first kappa shape index (κ1) is 40.4. The van der Waals surface area contributed by atoms with Crippen LogP contribution in [0.5, 0.6) is 0 Å². The smallest absolute Gasteiger partial charge is 0.407 e. The molecule has 0 rings (SSSR count). The van der Waals surface area contributed by atoms with E-state index in [2.05, 4.69) is 30.7 Å². The standard InChI is InChI=1S/C5H10N2O2.2C5H11NO2.3CH4/c1-3-7-5(9)4(8)6-2;1-3-6-5(7)4-8-2;1-3-6-5(7)8-4-2;;;/h3H2,1-2H3,(H,6,8)(H,7,9);2*3-4H2,1-2H3,(H,6,7);3*1H4. The Morgan fingerprint density at radius 2 is 1.21 bits per heavy atom. The fraction of sp³-hybridized carbons (Fsp3) is 0.778. The molecule has 4 N–H and O–H groups in total. The fourth-order valence-electron chi connectivity index (χ4n) is 1.06. The summed E-state index contributed by atoms with van der Waals surface area (Å²) >= 11 is 0. The van der Waals surface area contributed by atoms with Gasteiger partial charge in [-0.3, -0.25) is 14.4 Å². The van der Waals surface area contributed by atoms with Crippen molar-refractivity contribution in [2.45, 2.75) is 50.0 Å². The normalized spacial score (nSPS) is 7.50. The fourth-order valence-corrected chi connectivity index (χ4v) is 1.06. The van der Waals surface area contributed by atoms with Gasteiger partial charge in [-0.1, -0.05) is 22.3 Å². The molecule has 0 aliphatic carbocycles. The van der Waals surface area contributed by atoms with E-state index >= 15 is 0 Å². The average Bonchev–Trinajstić information content (AvgIpc) is 2.56. The molecule has 0 aromatic rings. The molecular formula is C18H44N4O6. The van der Waals surface area contributed by atoms with Crippen molar-refractivity contribution < 1.29 is 28.7 Å². The lowest BCUT2D eigenvalue weighted by atomic mass is 10.5. The zero-order valence-corrected chi connectivity index (χ0v) is 16.0. The van der Waals surface area contributed by atoms with Crippen molar-refractivity contribution in [3.05, 3.63) is 0 Å². The lowest BCUT2D eigenvalue weighted by molar-refractivity contribution is -0.138. The van der Waals surface area contributed by atoms with Crippen molar-refractivity contribution in [1.82, 2.24) is 21.3 Å². The largest absolute Gasteiger partial charge is 0.450 e. The van der Waals surface area contributed by atoms with Gasteiger partial charge in [0.25, 0.3) is 0 Å². The van der Waals surface area contributed by atoms with Gasteiger partial charge in [-0.15, -0.1) is 0 Å². The van der Waals surface area contributed by atoms with E-state index in [0.29, 0.717) is 26.2 Å². The second-order valence-corrected chi connectivity index (χ2v) is 4.08. The molecule has 0 saturated carbocycles. The molecule has 0 bridgehead atoms. The average molecular weight is 413 g/mol. The summed E-state index contributed by atoms with van der Waals surface area (Å²) in [7, 11) is 2.91. The number of rotatable bonds is 6. The third kappa shape index (κ3) is 34.9. The molecule has 0 unspecified atom stereocenters. The molecule has 172 valence electrons. The molecule has 0 heterocycles. The van der Waals surface area contributed by atoms with Crippen LogP contribution in [0.15, 0.2) is 0 Å². The SMILES string of the molecule is C.C.C.CCNC(=O)C(=O)NC.CCNC(=O)COC.CCNC(=O)OCC. The van der Waals surface area contributed by atoms with Crippen LogP contribution in [-0.4, -0.2) is 70.8 Å². The molecule has 28 heavy (non-hydrogen) atoms. The Morgan fingerprint density at radius 1 is 0.750 bits per heavy atom. The lowest BCUT2D eigenvalue weighted by Gasteiger charge is -1.99. The van der Waals surface area contributed by atoms with Crippen molar-refractivity contribution in [2.75, 3.05) is 47.0 Å². The highest BCUT2D eigenvalue weighted by Crippen LogP contribution is 1.73. The number of carbonyl (C=O) groups is 4. The summed E-state index contributed by atoms with van der Waals surface area (Å²) in [6, 6.07) is 0. The maximum absolute atomic E-state index is 10.5. The quantitative estimate of drug-likeness (QED) is 0.486. The summed E-state index contributed by atoms with van der Waals surface area (Å²) in [5.74, 6) is -1.24. The number of ether oxygens (including phenoxy) is 2. The van der Waals surface area contributed by atoms with Gasteiger partial charge in [-0.05, 0) is 27.7 Å². The third-order valence-electron chi connectivity index (χ3n) is 2.02. The lowest BCUT2D eigenvalue weighted by Crippen LogP contribution is -2.37. The summed E-state index contributed by atoms with van der Waals surface area (Å²) < 4.78 is 9.08. The zero-order valence-electron chi connectivity index (χ0n) is 16.0. The third-order valence-corrected chi connectivity index (χ3v) is 2.02. The van der Waals surface area contributed by atoms with Crippen LogP contribution < -0.4 is 21.3 Å². The molecule has 0 aliphatic rings. The van der Waals surface area contributed by atoms with Crippen LogP contribution in [0.2, 0.25) is 0 Å². The molecule has 0 saturated heterocycles. The number of hydrogen-bond donors (Lipinski definition) is 4. The van der Waals surface area contributed by atoms with Gasteiger partial charge < -0.3 is 30.7 Å². The molecule has 0 aromatic heterocycles. The summed E-state index contributed by atoms with van der Waals surface area (Å²) in [4.78, 5) is 41.5. The van der Waals surface area contributed by atoms with Gasteiger partial charge in [-0.25, -0.2) is 4.79 Å². The van der Waals surface area contributed by atoms with Crippen LogP contribution in [0, 0.1) is 0 Å². The Labute approximate surface area is 171 Å². The first-order valence-electron chi connectivity index (χ1n) is 8.00. The topological polar surface area (TPSA) is 135 Å². The van der Waals surface area contributed by atoms with E-state index in [4.69, 9.17) is 0 Å². The number of carbonyl (C=O) groups excluding carboxylic acids is 4. The number of alkyl carbamates (subject to hydrolysis) is 1. The van der Waals surface area contributed by atoms with E-state index in [1.165, 1.54) is 14.2 Å². The molecule has 0 aliphatic heterocycles. The maximum Gasteiger partial charge on any atom is 0.407 e. The van der Waals surface area contributed by atoms with Crippen molar-refractivity contribution in [1.29, 1.82) is 0 Å². The van der Waals surface area contributed by atoms with Gasteiger partial charge in [-0.2, -0.15) is 0 Å². The molecule has 0 spiro atoms. The van der Waals surface area contributed by atoms with E-state index < -0.39 is 11.8 Å². The molecular weight excluding hydrogens is 368 g/mol. The number of likely N-dealkylation sites (N-methyl/N-ethyl adjacent to an activating group) is 3. The highest BCUT2D eigenvalue weighted by atomic mass is 16.5. The molecule has 4 amide bonds. The second kappa shape index (κ2) is 32.3. The molecule has 0 atom stereocenters. The molecule has 0 aromatic carbocycles. The summed E-state index contributed by atoms with van der Waals surface area (Å²) in [6.07, 6.45) is -0.338. The monoisotopic (exact) mass is 412 g/mol. The van der Waals surface area contributed by atoms with Gasteiger partial charge in [0.05, 0.1) is 6.61 Å². The number of nitrogens with one attached hydrogen (secondary N) is 4. The molecule has 10 heteroatoms. The van der Waals surface area contributed by atoms with E-state index in [0.717, 1.165) is 0 Å². The van der Waals surface area contributed by atoms with Crippen molar-refractivity contribution in [3.8, 4) is 0 Å². The predicted octanol–water partition coefficient (Wildman–Crippen LogP) is 1.30. The Morgan fingerprint density at radius 3 is 1.54 bits per heavy atom. The number of amides is 4. The van der Waals surface area contributed by atoms with Gasteiger partial charge in [0, 0.05) is 33.8 Å². The summed E-state index contributed by atoms with van der Waals surface area (Å²) in [6.45, 7) is 9.60. The molecule has 0 fully saturated rings. The minimum Gasteiger partial charge on any atom is -0.450 e. The van der Waals surface area contributed by atoms with Crippen LogP contribution in [0.1, 0.15) is 50.0 Å². The van der Waals surface area contributed by atoms with Crippen LogP contribution in [-0.2, 0) is 23.9 Å². The predicted molar refractivity (Wildman–Crippen MR) is 114 cm³/mol. The number of hydrogen-bond acceptors (Lipinski definition) is 6. The Hall–Kier alpha value is -2.36. The van der Waals surface area contributed by atoms with Gasteiger partial charge in [0.1, 0.15) is 6.61 Å². The van der Waals surface area contributed by atoms with E-state index in [1.807, 2.05) is 13.8 Å². The minimum atomic E-state index is -0.600. The van der Waals surface area contributed by atoms with Gasteiger partial charge in [0.2, 0.25) is 5.91 Å². The zero-order chi connectivity index (χ0) is 20.1. The van der Waals surface area contributed by atoms with E-state index in [9.17, 15) is 19.2 Å². The van der Waals surface area contributed by atoms with Crippen LogP contribution in [0.4, 0.5) is 4.79 Å². The highest BCUT2D eigenvalue weighted by Gasteiger charge is 2.07. The van der Waals surface area contributed by atoms with Crippen molar-refractivity contribution >= 4 is 23.8 Å². The summed E-state index contributed by atoms with van der Waals surface area (Å²) in [5.41, 5.74) is 0. The first-order chi connectivity index (χ1) is 11.8. The number of methoxy groups -OCH3 is 1.